The van der Waals surface area contributed by atoms with E-state index < -0.39 is 48.2 Å². The molecule has 2 aliphatic rings. The van der Waals surface area contributed by atoms with Crippen LogP contribution in [0.1, 0.15) is 87.1 Å². The number of rotatable bonds is 20. The standard InChI is InChI=1S/C25H23ClN4O6.C25H24N4O6/c1-14(18-4-2-3-5-19(18)26)35-25(33)29-22-20(11-27)30-36-23(22)16-8-9-21(28-12-16)34-13-17(24(31)32)10-15-6-7-15;1-15(17-5-3-2-4-6-17)34-25(32)28-22-20(12-26)29-35-23(22)18-9-10-21(27-13-18)33-14-19(24(30)31)11-16-7-8-16/h2-5,8-9,12,14-15,17H,6-7,10,13H2,1H3,(H,29,33)(H,31,32);2-6,9-10,13,15-16,19H,7-8,11,14H2,1H3,(H,28,32)(H,30,31). The average Bonchev–Trinajstić information content (AvgIpc) is 4.30. The van der Waals surface area contributed by atoms with Crippen molar-refractivity contribution in [1.29, 1.82) is 10.5 Å². The van der Waals surface area contributed by atoms with Gasteiger partial charge in [0.05, 0.1) is 11.8 Å². The summed E-state index contributed by atoms with van der Waals surface area (Å²) in [6.07, 6.45) is 5.49. The number of nitrogens with one attached hydrogen (secondary N) is 2. The van der Waals surface area contributed by atoms with Crippen LogP contribution >= 0.6 is 11.6 Å². The van der Waals surface area contributed by atoms with E-state index in [2.05, 4.69) is 30.9 Å². The molecule has 71 heavy (non-hydrogen) atoms. The van der Waals surface area contributed by atoms with Crippen LogP contribution in [0.4, 0.5) is 21.0 Å². The summed E-state index contributed by atoms with van der Waals surface area (Å²) in [5.41, 5.74) is 2.12. The SMILES string of the molecule is CC(OC(=O)Nc1c(C#N)noc1-c1ccc(OCC(CC2CC2)C(=O)O)nc1)c1ccccc1.CC(OC(=O)Nc1c(C#N)noc1-c1ccc(OCC(CC2CC2)C(=O)O)nc1)c1ccccc1Cl. The Morgan fingerprint density at radius 3 is 1.54 bits per heavy atom. The van der Waals surface area contributed by atoms with Gasteiger partial charge < -0.3 is 38.2 Å². The molecule has 4 atom stereocenters. The summed E-state index contributed by atoms with van der Waals surface area (Å²) >= 11 is 6.16. The predicted octanol–water partition coefficient (Wildman–Crippen LogP) is 10.2. The first-order valence-corrected chi connectivity index (χ1v) is 22.9. The summed E-state index contributed by atoms with van der Waals surface area (Å²) < 4.78 is 32.5. The number of carboxylic acid groups (broad SMARTS) is 2. The van der Waals surface area contributed by atoms with Crippen molar-refractivity contribution in [2.75, 3.05) is 23.8 Å². The molecule has 0 radical (unpaired) electrons. The maximum atomic E-state index is 12.6. The molecule has 21 heteroatoms. The molecule has 4 heterocycles. The first-order chi connectivity index (χ1) is 34.3. The number of aliphatic carboxylic acids is 2. The minimum Gasteiger partial charge on any atom is -0.481 e. The number of nitrogens with zero attached hydrogens (tertiary/aromatic N) is 6. The quantitative estimate of drug-likeness (QED) is 0.0553. The molecular formula is C50H47ClN8O12. The minimum atomic E-state index is -0.893. The van der Waals surface area contributed by atoms with Crippen molar-refractivity contribution in [3.63, 3.8) is 0 Å². The van der Waals surface area contributed by atoms with Crippen LogP contribution in [0.5, 0.6) is 11.8 Å². The van der Waals surface area contributed by atoms with Crippen molar-refractivity contribution in [1.82, 2.24) is 20.3 Å². The third-order valence-corrected chi connectivity index (χ3v) is 11.8. The molecule has 8 rings (SSSR count). The molecule has 2 aromatic carbocycles. The highest BCUT2D eigenvalue weighted by Crippen LogP contribution is 2.38. The smallest absolute Gasteiger partial charge is 0.412 e. The highest BCUT2D eigenvalue weighted by Gasteiger charge is 2.31. The average molecular weight is 987 g/mol. The van der Waals surface area contributed by atoms with Crippen molar-refractivity contribution in [3.8, 4) is 46.5 Å². The van der Waals surface area contributed by atoms with Gasteiger partial charge >= 0.3 is 24.1 Å². The number of amides is 2. The molecular weight excluding hydrogens is 940 g/mol. The lowest BCUT2D eigenvalue weighted by Crippen LogP contribution is -2.22. The van der Waals surface area contributed by atoms with Gasteiger partial charge in [0.25, 0.3) is 0 Å². The largest absolute Gasteiger partial charge is 0.481 e. The molecule has 4 unspecified atom stereocenters. The maximum absolute atomic E-state index is 12.6. The Morgan fingerprint density at radius 2 is 1.13 bits per heavy atom. The molecule has 0 saturated heterocycles. The second-order valence-corrected chi connectivity index (χ2v) is 17.2. The molecule has 4 N–H and O–H groups in total. The van der Waals surface area contributed by atoms with E-state index >= 15 is 0 Å². The van der Waals surface area contributed by atoms with E-state index in [0.717, 1.165) is 31.2 Å². The Hall–Kier alpha value is -8.49. The van der Waals surface area contributed by atoms with E-state index in [9.17, 15) is 39.9 Å². The van der Waals surface area contributed by atoms with Crippen LogP contribution in [0.15, 0.2) is 100 Å². The Kier molecular flexibility index (Phi) is 16.8. The number of nitriles is 2. The van der Waals surface area contributed by atoms with E-state index in [4.69, 9.17) is 39.6 Å². The van der Waals surface area contributed by atoms with Crippen LogP contribution < -0.4 is 20.1 Å². The molecule has 0 bridgehead atoms. The zero-order valence-corrected chi connectivity index (χ0v) is 39.1. The van der Waals surface area contributed by atoms with Crippen molar-refractivity contribution >= 4 is 47.1 Å². The molecule has 20 nitrogen and oxygen atoms in total. The van der Waals surface area contributed by atoms with Crippen molar-refractivity contribution < 1.29 is 57.4 Å². The Labute approximate surface area is 411 Å². The van der Waals surface area contributed by atoms with E-state index in [1.807, 2.05) is 42.5 Å². The second-order valence-electron chi connectivity index (χ2n) is 16.8. The summed E-state index contributed by atoms with van der Waals surface area (Å²) in [7, 11) is 0. The Morgan fingerprint density at radius 1 is 0.676 bits per heavy atom. The number of hydrogen-bond acceptors (Lipinski definition) is 16. The van der Waals surface area contributed by atoms with Gasteiger partial charge in [0, 0.05) is 46.2 Å². The second kappa shape index (κ2) is 23.7. The molecule has 2 amide bonds. The van der Waals surface area contributed by atoms with Gasteiger partial charge in [0.15, 0.2) is 11.5 Å². The minimum absolute atomic E-state index is 0.0152. The molecule has 4 aromatic heterocycles. The fourth-order valence-corrected chi connectivity index (χ4v) is 7.46. The molecule has 2 aliphatic carbocycles. The maximum Gasteiger partial charge on any atom is 0.412 e. The van der Waals surface area contributed by atoms with Crippen LogP contribution in [-0.4, -0.2) is 67.8 Å². The first kappa shape index (κ1) is 50.4. The molecule has 2 saturated carbocycles. The van der Waals surface area contributed by atoms with Crippen molar-refractivity contribution in [2.45, 2.75) is 64.6 Å². The first-order valence-electron chi connectivity index (χ1n) is 22.5. The third-order valence-electron chi connectivity index (χ3n) is 11.4. The summed E-state index contributed by atoms with van der Waals surface area (Å²) in [4.78, 5) is 56.3. The number of carbonyl (C=O) groups excluding carboxylic acids is 2. The normalized spacial score (nSPS) is 14.4. The van der Waals surface area contributed by atoms with Gasteiger partial charge in [-0.3, -0.25) is 20.2 Å². The highest BCUT2D eigenvalue weighted by atomic mass is 35.5. The Bertz CT molecular complexity index is 2890. The van der Waals surface area contributed by atoms with E-state index in [1.54, 1.807) is 62.4 Å². The monoisotopic (exact) mass is 986 g/mol. The summed E-state index contributed by atoms with van der Waals surface area (Å²) in [5, 5.41) is 50.5. The van der Waals surface area contributed by atoms with E-state index in [-0.39, 0.29) is 59.3 Å². The van der Waals surface area contributed by atoms with Gasteiger partial charge in [-0.15, -0.1) is 0 Å². The summed E-state index contributed by atoms with van der Waals surface area (Å²) in [6, 6.07) is 26.3. The number of anilines is 2. The molecule has 0 aliphatic heterocycles. The van der Waals surface area contributed by atoms with Crippen LogP contribution in [0.2, 0.25) is 5.02 Å². The lowest BCUT2D eigenvalue weighted by molar-refractivity contribution is -0.144. The van der Waals surface area contributed by atoms with E-state index in [1.165, 1.54) is 12.4 Å². The molecule has 366 valence electrons. The fraction of sp³-hybridized carbons (Fsp3) is 0.320. The zero-order chi connectivity index (χ0) is 50.4. The van der Waals surface area contributed by atoms with Gasteiger partial charge in [-0.25, -0.2) is 19.6 Å². The van der Waals surface area contributed by atoms with Crippen molar-refractivity contribution in [2.24, 2.45) is 23.7 Å². The lowest BCUT2D eigenvalue weighted by Gasteiger charge is -2.15. The summed E-state index contributed by atoms with van der Waals surface area (Å²) in [5.74, 6) is -1.32. The van der Waals surface area contributed by atoms with Gasteiger partial charge in [-0.05, 0) is 62.3 Å². The number of ether oxygens (including phenoxy) is 4. The van der Waals surface area contributed by atoms with Gasteiger partial charge in [-0.2, -0.15) is 10.5 Å². The molecule has 0 spiro atoms. The van der Waals surface area contributed by atoms with Gasteiger partial charge in [-0.1, -0.05) is 96.1 Å². The zero-order valence-electron chi connectivity index (χ0n) is 38.3. The molecule has 2 fully saturated rings. The van der Waals surface area contributed by atoms with Crippen molar-refractivity contribution in [3.05, 3.63) is 119 Å². The van der Waals surface area contributed by atoms with Gasteiger partial charge in [0.2, 0.25) is 23.1 Å². The predicted molar refractivity (Wildman–Crippen MR) is 252 cm³/mol. The fourth-order valence-electron chi connectivity index (χ4n) is 7.17. The number of benzene rings is 2. The molecule has 6 aromatic rings. The lowest BCUT2D eigenvalue weighted by atomic mass is 10.0. The summed E-state index contributed by atoms with van der Waals surface area (Å²) in [6.45, 7) is 3.44. The van der Waals surface area contributed by atoms with Crippen LogP contribution in [0, 0.1) is 46.3 Å². The highest BCUT2D eigenvalue weighted by molar-refractivity contribution is 6.31. The number of carboxylic acids is 2. The van der Waals surface area contributed by atoms with Crippen LogP contribution in [-0.2, 0) is 19.1 Å². The topological polar surface area (TPSA) is 295 Å². The van der Waals surface area contributed by atoms with Crippen LogP contribution in [0.25, 0.3) is 22.6 Å². The van der Waals surface area contributed by atoms with Crippen LogP contribution in [0.3, 0.4) is 0 Å². The number of aromatic nitrogens is 4. The number of hydrogen-bond donors (Lipinski definition) is 4. The van der Waals surface area contributed by atoms with Gasteiger partial charge in [0.1, 0.15) is 48.9 Å². The Balaban J connectivity index is 0.000000209. The number of halogens is 1. The number of carbonyl (C=O) groups is 4. The van der Waals surface area contributed by atoms with E-state index in [0.29, 0.717) is 46.4 Å². The number of pyridine rings is 2. The third kappa shape index (κ3) is 14.1.